The Hall–Kier alpha value is -0.710. The number of methoxy groups -OCH3 is 1. The van der Waals surface area contributed by atoms with Gasteiger partial charge in [0.2, 0.25) is 5.88 Å². The third kappa shape index (κ3) is 6.03. The Morgan fingerprint density at radius 1 is 1.58 bits per heavy atom. The summed E-state index contributed by atoms with van der Waals surface area (Å²) in [5.41, 5.74) is 0.951. The van der Waals surface area contributed by atoms with E-state index in [0.717, 1.165) is 5.54 Å². The lowest BCUT2D eigenvalue weighted by molar-refractivity contribution is -0.120. The van der Waals surface area contributed by atoms with Gasteiger partial charge in [0, 0.05) is 6.21 Å². The summed E-state index contributed by atoms with van der Waals surface area (Å²) in [5, 5.41) is 0. The van der Waals surface area contributed by atoms with Crippen molar-refractivity contribution in [3.63, 3.8) is 0 Å². The van der Waals surface area contributed by atoms with Crippen LogP contribution in [0.2, 0.25) is 0 Å². The quantitative estimate of drug-likeness (QED) is 0.508. The highest BCUT2D eigenvalue weighted by Crippen LogP contribution is 2.17. The molecule has 0 N–H and O–H groups in total. The Bertz CT molecular complexity index is 188. The smallest absolute Gasteiger partial charge is 0.393 e. The van der Waals surface area contributed by atoms with Gasteiger partial charge in [-0.15, -0.1) is 0 Å². The van der Waals surface area contributed by atoms with Crippen molar-refractivity contribution in [2.45, 2.75) is 12.6 Å². The Kier molecular flexibility index (Phi) is 4.73. The van der Waals surface area contributed by atoms with Crippen LogP contribution in [0.1, 0.15) is 6.42 Å². The summed E-state index contributed by atoms with van der Waals surface area (Å²) in [7, 11) is 1.26. The number of hydrogen-bond donors (Lipinski definition) is 0. The number of alkyl halides is 3. The van der Waals surface area contributed by atoms with Crippen molar-refractivity contribution in [1.29, 1.82) is 0 Å². The van der Waals surface area contributed by atoms with Crippen LogP contribution in [-0.2, 0) is 4.74 Å². The maximum atomic E-state index is 11.5. The maximum Gasteiger partial charge on any atom is 0.393 e. The molecule has 0 radical (unpaired) electrons. The van der Waals surface area contributed by atoms with Crippen LogP contribution in [-0.4, -0.2) is 19.5 Å². The number of aliphatic imine (C=N–C) groups is 1. The van der Waals surface area contributed by atoms with Gasteiger partial charge in [-0.2, -0.15) is 13.2 Å². The summed E-state index contributed by atoms with van der Waals surface area (Å²) >= 11 is 5.14. The lowest BCUT2D eigenvalue weighted by Gasteiger charge is -2.00. The first-order chi connectivity index (χ1) is 5.49. The number of rotatable bonds is 3. The van der Waals surface area contributed by atoms with E-state index in [4.69, 9.17) is 11.6 Å². The number of ether oxygens (including phenoxy) is 1. The van der Waals surface area contributed by atoms with Gasteiger partial charge >= 0.3 is 6.18 Å². The minimum atomic E-state index is -4.24. The highest BCUT2D eigenvalue weighted by Gasteiger charge is 2.25. The summed E-state index contributed by atoms with van der Waals surface area (Å²) < 4.78 is 39.1. The molecule has 0 spiro atoms. The highest BCUT2D eigenvalue weighted by atomic mass is 35.5. The first-order valence-electron chi connectivity index (χ1n) is 2.93. The van der Waals surface area contributed by atoms with Crippen LogP contribution in [0.4, 0.5) is 13.2 Å². The molecule has 6 heteroatoms. The molecule has 0 fully saturated rings. The van der Waals surface area contributed by atoms with Crippen molar-refractivity contribution in [2.24, 2.45) is 4.99 Å². The van der Waals surface area contributed by atoms with E-state index in [9.17, 15) is 13.2 Å². The van der Waals surface area contributed by atoms with Gasteiger partial charge < -0.3 is 4.74 Å². The normalized spacial score (nSPS) is 13.9. The molecule has 0 aliphatic carbocycles. The molecule has 0 saturated heterocycles. The van der Waals surface area contributed by atoms with Crippen molar-refractivity contribution < 1.29 is 17.9 Å². The molecule has 0 bridgehead atoms. The molecule has 0 atom stereocenters. The van der Waals surface area contributed by atoms with E-state index in [-0.39, 0.29) is 5.88 Å². The predicted octanol–water partition coefficient (Wildman–Crippen LogP) is 2.69. The first kappa shape index (κ1) is 11.3. The molecule has 0 aromatic rings. The second kappa shape index (κ2) is 5.03. The SMILES string of the molecule is COC(=C\Cl)/N=C\CC(F)(F)F. The van der Waals surface area contributed by atoms with Crippen LogP contribution in [0.15, 0.2) is 16.4 Å². The zero-order chi connectivity index (χ0) is 9.61. The minimum absolute atomic E-state index is 0.0547. The number of halogens is 4. The van der Waals surface area contributed by atoms with Gasteiger partial charge in [-0.3, -0.25) is 0 Å². The van der Waals surface area contributed by atoms with Crippen molar-refractivity contribution in [2.75, 3.05) is 7.11 Å². The van der Waals surface area contributed by atoms with E-state index in [1.165, 1.54) is 7.11 Å². The molecule has 0 aromatic carbocycles. The first-order valence-corrected chi connectivity index (χ1v) is 3.37. The van der Waals surface area contributed by atoms with Crippen LogP contribution >= 0.6 is 11.6 Å². The Morgan fingerprint density at radius 2 is 2.17 bits per heavy atom. The average Bonchev–Trinajstić information content (AvgIpc) is 1.96. The molecular formula is C6H7ClF3NO. The summed E-state index contributed by atoms with van der Waals surface area (Å²) in [4.78, 5) is 3.31. The molecular weight excluding hydrogens is 195 g/mol. The zero-order valence-corrected chi connectivity index (χ0v) is 6.99. The van der Waals surface area contributed by atoms with Gasteiger partial charge in [-0.1, -0.05) is 11.6 Å². The van der Waals surface area contributed by atoms with Gasteiger partial charge in [-0.05, 0) is 0 Å². The summed E-state index contributed by atoms with van der Waals surface area (Å²) in [6.45, 7) is 0. The average molecular weight is 202 g/mol. The van der Waals surface area contributed by atoms with Crippen molar-refractivity contribution >= 4 is 17.8 Å². The number of hydrogen-bond acceptors (Lipinski definition) is 2. The molecule has 0 aliphatic rings. The molecule has 0 rings (SSSR count). The van der Waals surface area contributed by atoms with Crippen LogP contribution in [0.5, 0.6) is 0 Å². The third-order valence-corrected chi connectivity index (χ3v) is 1.03. The van der Waals surface area contributed by atoms with E-state index < -0.39 is 12.6 Å². The van der Waals surface area contributed by atoms with Crippen molar-refractivity contribution in [3.8, 4) is 0 Å². The predicted molar refractivity (Wildman–Crippen MR) is 40.1 cm³/mol. The standard InChI is InChI=1S/C6H7ClF3NO/c1-12-5(4-7)11-3-2-6(8,9)10/h3-4H,2H2,1H3/b5-4-,11-3-. The Morgan fingerprint density at radius 3 is 2.50 bits per heavy atom. The van der Waals surface area contributed by atoms with E-state index >= 15 is 0 Å². The van der Waals surface area contributed by atoms with E-state index in [0.29, 0.717) is 6.21 Å². The topological polar surface area (TPSA) is 21.6 Å². The fourth-order valence-corrected chi connectivity index (χ4v) is 0.510. The molecule has 0 aliphatic heterocycles. The Labute approximate surface area is 72.7 Å². The monoisotopic (exact) mass is 201 g/mol. The van der Waals surface area contributed by atoms with E-state index in [1.807, 2.05) is 0 Å². The summed E-state index contributed by atoms with van der Waals surface area (Å²) in [5.74, 6) is -0.0547. The van der Waals surface area contributed by atoms with Crippen LogP contribution in [0, 0.1) is 0 Å². The molecule has 0 unspecified atom stereocenters. The summed E-state index contributed by atoms with van der Waals surface area (Å²) in [6.07, 6.45) is -4.64. The van der Waals surface area contributed by atoms with Crippen molar-refractivity contribution in [1.82, 2.24) is 0 Å². The van der Waals surface area contributed by atoms with Crippen LogP contribution in [0.25, 0.3) is 0 Å². The van der Waals surface area contributed by atoms with Crippen molar-refractivity contribution in [3.05, 3.63) is 11.4 Å². The minimum Gasteiger partial charge on any atom is -0.480 e. The molecule has 0 heterocycles. The molecule has 2 nitrogen and oxygen atoms in total. The largest absolute Gasteiger partial charge is 0.480 e. The lowest BCUT2D eigenvalue weighted by atomic mass is 10.5. The number of nitrogens with zero attached hydrogens (tertiary/aromatic N) is 1. The molecule has 0 aromatic heterocycles. The van der Waals surface area contributed by atoms with Crippen LogP contribution in [0.3, 0.4) is 0 Å². The van der Waals surface area contributed by atoms with Gasteiger partial charge in [-0.25, -0.2) is 4.99 Å². The molecule has 70 valence electrons. The van der Waals surface area contributed by atoms with E-state index in [1.54, 1.807) is 0 Å². The second-order valence-electron chi connectivity index (χ2n) is 1.78. The molecule has 0 saturated carbocycles. The highest BCUT2D eigenvalue weighted by molar-refractivity contribution is 6.25. The fraction of sp³-hybridized carbons (Fsp3) is 0.500. The fourth-order valence-electron chi connectivity index (χ4n) is 0.365. The maximum absolute atomic E-state index is 11.5. The van der Waals surface area contributed by atoms with Gasteiger partial charge in [0.05, 0.1) is 19.1 Å². The van der Waals surface area contributed by atoms with Gasteiger partial charge in [0.1, 0.15) is 0 Å². The van der Waals surface area contributed by atoms with E-state index in [2.05, 4.69) is 9.73 Å². The summed E-state index contributed by atoms with van der Waals surface area (Å²) in [6, 6.07) is 0. The molecule has 12 heavy (non-hydrogen) atoms. The zero-order valence-electron chi connectivity index (χ0n) is 6.23. The molecule has 0 amide bonds. The third-order valence-electron chi connectivity index (χ3n) is 0.844. The van der Waals surface area contributed by atoms with Gasteiger partial charge in [0.25, 0.3) is 0 Å². The lowest BCUT2D eigenvalue weighted by Crippen LogP contribution is -2.07. The van der Waals surface area contributed by atoms with Crippen LogP contribution < -0.4 is 0 Å². The second-order valence-corrected chi connectivity index (χ2v) is 2.00. The Balaban J connectivity index is 3.92. The van der Waals surface area contributed by atoms with Gasteiger partial charge in [0.15, 0.2) is 0 Å².